The molecule has 5 heteroatoms. The standard InChI is InChI=1S/C8H16N2O3/c1-6(3-8(12)13)4-10-7(11)5-9-2/h6,9H,3-5H2,1-2H3,(H,10,11)(H,12,13). The molecule has 0 radical (unpaired) electrons. The molecule has 3 N–H and O–H groups in total. The summed E-state index contributed by atoms with van der Waals surface area (Å²) in [5, 5.41) is 13.8. The number of carboxylic acids is 1. The zero-order valence-corrected chi connectivity index (χ0v) is 7.96. The highest BCUT2D eigenvalue weighted by atomic mass is 16.4. The van der Waals surface area contributed by atoms with Gasteiger partial charge in [0.05, 0.1) is 6.54 Å². The summed E-state index contributed by atoms with van der Waals surface area (Å²) < 4.78 is 0. The summed E-state index contributed by atoms with van der Waals surface area (Å²) in [5.74, 6) is -0.978. The predicted octanol–water partition coefficient (Wildman–Crippen LogP) is -0.567. The minimum absolute atomic E-state index is 0.0293. The van der Waals surface area contributed by atoms with Gasteiger partial charge in [-0.1, -0.05) is 6.92 Å². The summed E-state index contributed by atoms with van der Waals surface area (Å²) in [6.45, 7) is 2.46. The van der Waals surface area contributed by atoms with E-state index >= 15 is 0 Å². The molecule has 0 aliphatic heterocycles. The number of amides is 1. The molecule has 0 saturated carbocycles. The van der Waals surface area contributed by atoms with Crippen molar-refractivity contribution in [1.29, 1.82) is 0 Å². The van der Waals surface area contributed by atoms with E-state index in [2.05, 4.69) is 10.6 Å². The Hall–Kier alpha value is -1.10. The maximum absolute atomic E-state index is 10.9. The Balaban J connectivity index is 3.51. The van der Waals surface area contributed by atoms with Gasteiger partial charge < -0.3 is 15.7 Å². The molecular formula is C8H16N2O3. The second-order valence-corrected chi connectivity index (χ2v) is 3.04. The van der Waals surface area contributed by atoms with E-state index in [-0.39, 0.29) is 24.8 Å². The summed E-state index contributed by atoms with van der Waals surface area (Å²) in [7, 11) is 1.68. The van der Waals surface area contributed by atoms with Crippen LogP contribution in [0.1, 0.15) is 13.3 Å². The maximum Gasteiger partial charge on any atom is 0.303 e. The Morgan fingerprint density at radius 2 is 2.08 bits per heavy atom. The minimum atomic E-state index is -0.838. The van der Waals surface area contributed by atoms with Crippen LogP contribution in [0.2, 0.25) is 0 Å². The largest absolute Gasteiger partial charge is 0.481 e. The van der Waals surface area contributed by atoms with Gasteiger partial charge >= 0.3 is 5.97 Å². The fourth-order valence-corrected chi connectivity index (χ4v) is 0.881. The lowest BCUT2D eigenvalue weighted by molar-refractivity contribution is -0.138. The number of rotatable bonds is 6. The first-order valence-corrected chi connectivity index (χ1v) is 4.19. The van der Waals surface area contributed by atoms with Gasteiger partial charge in [-0.05, 0) is 13.0 Å². The fourth-order valence-electron chi connectivity index (χ4n) is 0.881. The molecule has 0 saturated heterocycles. The number of nitrogens with one attached hydrogen (secondary N) is 2. The molecule has 0 bridgehead atoms. The monoisotopic (exact) mass is 188 g/mol. The third kappa shape index (κ3) is 7.27. The second-order valence-electron chi connectivity index (χ2n) is 3.04. The van der Waals surface area contributed by atoms with E-state index in [0.29, 0.717) is 6.54 Å². The molecule has 0 aliphatic carbocycles. The van der Waals surface area contributed by atoms with E-state index in [1.54, 1.807) is 14.0 Å². The van der Waals surface area contributed by atoms with Crippen LogP contribution in [0.25, 0.3) is 0 Å². The van der Waals surface area contributed by atoms with Gasteiger partial charge in [-0.3, -0.25) is 9.59 Å². The van der Waals surface area contributed by atoms with Crippen molar-refractivity contribution in [2.24, 2.45) is 5.92 Å². The summed E-state index contributed by atoms with van der Waals surface area (Å²) in [4.78, 5) is 21.2. The van der Waals surface area contributed by atoms with Crippen molar-refractivity contribution in [1.82, 2.24) is 10.6 Å². The fraction of sp³-hybridized carbons (Fsp3) is 0.750. The number of carbonyl (C=O) groups excluding carboxylic acids is 1. The number of likely N-dealkylation sites (N-methyl/N-ethyl adjacent to an activating group) is 1. The molecule has 0 aromatic rings. The van der Waals surface area contributed by atoms with Crippen molar-refractivity contribution in [3.05, 3.63) is 0 Å². The molecule has 0 aromatic carbocycles. The number of hydrogen-bond donors (Lipinski definition) is 3. The zero-order chi connectivity index (χ0) is 10.3. The van der Waals surface area contributed by atoms with E-state index in [1.165, 1.54) is 0 Å². The lowest BCUT2D eigenvalue weighted by Crippen LogP contribution is -2.35. The predicted molar refractivity (Wildman–Crippen MR) is 48.4 cm³/mol. The normalized spacial score (nSPS) is 12.2. The summed E-state index contributed by atoms with van der Waals surface area (Å²) in [5.41, 5.74) is 0. The van der Waals surface area contributed by atoms with Crippen molar-refractivity contribution in [2.75, 3.05) is 20.1 Å². The number of carbonyl (C=O) groups is 2. The molecule has 1 atom stereocenters. The van der Waals surface area contributed by atoms with Gasteiger partial charge in [0, 0.05) is 13.0 Å². The number of carboxylic acid groups (broad SMARTS) is 1. The van der Waals surface area contributed by atoms with Gasteiger partial charge in [0.1, 0.15) is 0 Å². The van der Waals surface area contributed by atoms with E-state index < -0.39 is 5.97 Å². The van der Waals surface area contributed by atoms with Crippen LogP contribution in [0.3, 0.4) is 0 Å². The van der Waals surface area contributed by atoms with Gasteiger partial charge in [0.2, 0.25) is 5.91 Å². The van der Waals surface area contributed by atoms with Crippen LogP contribution in [0.4, 0.5) is 0 Å². The van der Waals surface area contributed by atoms with Gasteiger partial charge in [-0.15, -0.1) is 0 Å². The van der Waals surface area contributed by atoms with Gasteiger partial charge in [-0.25, -0.2) is 0 Å². The molecule has 1 amide bonds. The number of hydrogen-bond acceptors (Lipinski definition) is 3. The quantitative estimate of drug-likeness (QED) is 0.521. The highest BCUT2D eigenvalue weighted by Gasteiger charge is 2.08. The molecule has 0 spiro atoms. The maximum atomic E-state index is 10.9. The van der Waals surface area contributed by atoms with Crippen LogP contribution >= 0.6 is 0 Å². The molecule has 0 heterocycles. The second kappa shape index (κ2) is 6.42. The third-order valence-electron chi connectivity index (χ3n) is 1.51. The lowest BCUT2D eigenvalue weighted by atomic mass is 10.1. The van der Waals surface area contributed by atoms with Crippen molar-refractivity contribution in [2.45, 2.75) is 13.3 Å². The van der Waals surface area contributed by atoms with Crippen LogP contribution in [0.15, 0.2) is 0 Å². The van der Waals surface area contributed by atoms with Crippen LogP contribution in [-0.4, -0.2) is 37.1 Å². The average Bonchev–Trinajstić information content (AvgIpc) is 2.00. The molecule has 0 fully saturated rings. The van der Waals surface area contributed by atoms with Crippen LogP contribution in [0.5, 0.6) is 0 Å². The first-order valence-electron chi connectivity index (χ1n) is 4.19. The smallest absolute Gasteiger partial charge is 0.303 e. The Morgan fingerprint density at radius 1 is 1.46 bits per heavy atom. The SMILES string of the molecule is CNCC(=O)NCC(C)CC(=O)O. The van der Waals surface area contributed by atoms with Crippen molar-refractivity contribution in [3.8, 4) is 0 Å². The third-order valence-corrected chi connectivity index (χ3v) is 1.51. The Kier molecular flexibility index (Phi) is 5.88. The molecule has 76 valence electrons. The van der Waals surface area contributed by atoms with Gasteiger partial charge in [0.15, 0.2) is 0 Å². The zero-order valence-electron chi connectivity index (χ0n) is 7.96. The Labute approximate surface area is 77.5 Å². The first kappa shape index (κ1) is 11.9. The van der Waals surface area contributed by atoms with E-state index in [9.17, 15) is 9.59 Å². The minimum Gasteiger partial charge on any atom is -0.481 e. The highest BCUT2D eigenvalue weighted by Crippen LogP contribution is 1.98. The molecule has 5 nitrogen and oxygen atoms in total. The highest BCUT2D eigenvalue weighted by molar-refractivity contribution is 5.78. The van der Waals surface area contributed by atoms with Crippen molar-refractivity contribution < 1.29 is 14.7 Å². The molecular weight excluding hydrogens is 172 g/mol. The van der Waals surface area contributed by atoms with Crippen LogP contribution in [-0.2, 0) is 9.59 Å². The molecule has 13 heavy (non-hydrogen) atoms. The number of aliphatic carboxylic acids is 1. The Bertz CT molecular complexity index is 182. The molecule has 0 rings (SSSR count). The van der Waals surface area contributed by atoms with E-state index in [1.807, 2.05) is 0 Å². The summed E-state index contributed by atoms with van der Waals surface area (Å²) in [6.07, 6.45) is 0.0832. The van der Waals surface area contributed by atoms with Crippen molar-refractivity contribution >= 4 is 11.9 Å². The van der Waals surface area contributed by atoms with Gasteiger partial charge in [-0.2, -0.15) is 0 Å². The molecule has 0 aliphatic rings. The Morgan fingerprint density at radius 3 is 2.54 bits per heavy atom. The first-order chi connectivity index (χ1) is 6.06. The van der Waals surface area contributed by atoms with E-state index in [0.717, 1.165) is 0 Å². The molecule has 1 unspecified atom stereocenters. The molecule has 0 aromatic heterocycles. The topological polar surface area (TPSA) is 78.4 Å². The average molecular weight is 188 g/mol. The van der Waals surface area contributed by atoms with Gasteiger partial charge in [0.25, 0.3) is 0 Å². The lowest BCUT2D eigenvalue weighted by Gasteiger charge is -2.09. The van der Waals surface area contributed by atoms with Crippen LogP contribution in [0, 0.1) is 5.92 Å². The summed E-state index contributed by atoms with van der Waals surface area (Å²) >= 11 is 0. The van der Waals surface area contributed by atoms with Crippen LogP contribution < -0.4 is 10.6 Å². The van der Waals surface area contributed by atoms with Crippen molar-refractivity contribution in [3.63, 3.8) is 0 Å². The summed E-state index contributed by atoms with van der Waals surface area (Å²) in [6, 6.07) is 0. The van der Waals surface area contributed by atoms with E-state index in [4.69, 9.17) is 5.11 Å².